The average Bonchev–Trinajstić information content (AvgIpc) is 2.32. The molecule has 6 nitrogen and oxygen atoms in total. The van der Waals surface area contributed by atoms with Crippen LogP contribution in [0.2, 0.25) is 0 Å². The fourth-order valence-electron chi connectivity index (χ4n) is 0.911. The van der Waals surface area contributed by atoms with E-state index in [2.05, 4.69) is 0 Å². The van der Waals surface area contributed by atoms with Gasteiger partial charge in [-0.15, -0.1) is 0 Å². The summed E-state index contributed by atoms with van der Waals surface area (Å²) in [5.41, 5.74) is 0. The molecule has 1 aromatic carbocycles. The first-order valence-corrected chi connectivity index (χ1v) is 7.68. The molecular formula is C9H17O6PSi. The van der Waals surface area contributed by atoms with Gasteiger partial charge in [-0.3, -0.25) is 4.57 Å². The molecule has 0 spiro atoms. The second-order valence-electron chi connectivity index (χ2n) is 2.88. The molecule has 0 fully saturated rings. The van der Waals surface area contributed by atoms with Crippen LogP contribution in [0.25, 0.3) is 0 Å². The van der Waals surface area contributed by atoms with E-state index in [-0.39, 0.29) is 5.30 Å². The SMILES string of the molecule is CO[SiH](OC)OC.O=P(O)(O)c1ccccc1. The van der Waals surface area contributed by atoms with E-state index in [1.165, 1.54) is 12.1 Å². The van der Waals surface area contributed by atoms with Crippen LogP contribution in [0.1, 0.15) is 0 Å². The molecule has 0 amide bonds. The van der Waals surface area contributed by atoms with Crippen LogP contribution in [0.5, 0.6) is 0 Å². The Morgan fingerprint density at radius 2 is 1.41 bits per heavy atom. The summed E-state index contributed by atoms with van der Waals surface area (Å²) >= 11 is 0. The van der Waals surface area contributed by atoms with Crippen molar-refractivity contribution in [1.82, 2.24) is 0 Å². The van der Waals surface area contributed by atoms with Crippen LogP contribution in [0, 0.1) is 0 Å². The van der Waals surface area contributed by atoms with Crippen molar-refractivity contribution in [2.24, 2.45) is 0 Å². The molecule has 0 aliphatic heterocycles. The van der Waals surface area contributed by atoms with Crippen molar-refractivity contribution in [2.75, 3.05) is 21.3 Å². The minimum absolute atomic E-state index is 0.0648. The van der Waals surface area contributed by atoms with Gasteiger partial charge in [-0.1, -0.05) is 18.2 Å². The molecule has 0 radical (unpaired) electrons. The molecule has 1 rings (SSSR count). The van der Waals surface area contributed by atoms with Crippen LogP contribution < -0.4 is 5.30 Å². The summed E-state index contributed by atoms with van der Waals surface area (Å²) in [7, 11) is -0.969. The van der Waals surface area contributed by atoms with Gasteiger partial charge in [0.15, 0.2) is 0 Å². The van der Waals surface area contributed by atoms with Crippen LogP contribution in [-0.4, -0.2) is 40.6 Å². The first kappa shape index (κ1) is 16.5. The van der Waals surface area contributed by atoms with Crippen LogP contribution in [0.3, 0.4) is 0 Å². The van der Waals surface area contributed by atoms with Gasteiger partial charge in [0, 0.05) is 21.3 Å². The van der Waals surface area contributed by atoms with Gasteiger partial charge >= 0.3 is 17.1 Å². The largest absolute Gasteiger partial charge is 0.483 e. The normalized spacial score (nSPS) is 10.9. The van der Waals surface area contributed by atoms with Crippen molar-refractivity contribution in [3.63, 3.8) is 0 Å². The van der Waals surface area contributed by atoms with Gasteiger partial charge in [-0.2, -0.15) is 0 Å². The third-order valence-electron chi connectivity index (χ3n) is 1.67. The molecule has 0 aliphatic carbocycles. The van der Waals surface area contributed by atoms with Crippen molar-refractivity contribution in [2.45, 2.75) is 0 Å². The summed E-state index contributed by atoms with van der Waals surface area (Å²) in [6.45, 7) is 0. The lowest BCUT2D eigenvalue weighted by Gasteiger charge is -2.05. The smallest absolute Gasteiger partial charge is 0.379 e. The highest BCUT2D eigenvalue weighted by Gasteiger charge is 2.14. The van der Waals surface area contributed by atoms with Crippen molar-refractivity contribution in [3.05, 3.63) is 30.3 Å². The van der Waals surface area contributed by atoms with E-state index in [0.717, 1.165) is 0 Å². The van der Waals surface area contributed by atoms with Gasteiger partial charge in [0.25, 0.3) is 0 Å². The Balaban J connectivity index is 0.000000325. The highest BCUT2D eigenvalue weighted by molar-refractivity contribution is 7.60. The van der Waals surface area contributed by atoms with Crippen molar-refractivity contribution in [1.29, 1.82) is 0 Å². The van der Waals surface area contributed by atoms with Gasteiger partial charge in [-0.25, -0.2) is 0 Å². The lowest BCUT2D eigenvalue weighted by molar-refractivity contribution is 0.163. The molecule has 0 atom stereocenters. The highest BCUT2D eigenvalue weighted by atomic mass is 31.2. The summed E-state index contributed by atoms with van der Waals surface area (Å²) in [6, 6.07) is 7.70. The lowest BCUT2D eigenvalue weighted by Crippen LogP contribution is -2.21. The molecule has 0 saturated carbocycles. The fraction of sp³-hybridized carbons (Fsp3) is 0.333. The summed E-state index contributed by atoms with van der Waals surface area (Å²) in [4.78, 5) is 17.2. The van der Waals surface area contributed by atoms with Crippen molar-refractivity contribution in [3.8, 4) is 0 Å². The summed E-state index contributed by atoms with van der Waals surface area (Å²) in [6.07, 6.45) is 0. The maximum Gasteiger partial charge on any atom is 0.483 e. The number of benzene rings is 1. The van der Waals surface area contributed by atoms with Crippen LogP contribution in [0.15, 0.2) is 30.3 Å². The zero-order valence-electron chi connectivity index (χ0n) is 9.94. The van der Waals surface area contributed by atoms with Crippen LogP contribution >= 0.6 is 7.60 Å². The van der Waals surface area contributed by atoms with E-state index < -0.39 is 17.1 Å². The molecule has 8 heteroatoms. The summed E-state index contributed by atoms with van der Waals surface area (Å²) < 4.78 is 24.8. The van der Waals surface area contributed by atoms with Crippen LogP contribution in [-0.2, 0) is 17.8 Å². The van der Waals surface area contributed by atoms with Crippen molar-refractivity contribution < 1.29 is 27.6 Å². The predicted molar refractivity (Wildman–Crippen MR) is 66.3 cm³/mol. The van der Waals surface area contributed by atoms with E-state index >= 15 is 0 Å². The third kappa shape index (κ3) is 7.40. The van der Waals surface area contributed by atoms with E-state index in [0.29, 0.717) is 0 Å². The average molecular weight is 280 g/mol. The van der Waals surface area contributed by atoms with E-state index in [4.69, 9.17) is 23.1 Å². The Morgan fingerprint density at radius 1 is 1.00 bits per heavy atom. The van der Waals surface area contributed by atoms with Crippen molar-refractivity contribution >= 4 is 22.4 Å². The predicted octanol–water partition coefficient (Wildman–Crippen LogP) is 0.132. The quantitative estimate of drug-likeness (QED) is 0.602. The highest BCUT2D eigenvalue weighted by Crippen LogP contribution is 2.32. The van der Waals surface area contributed by atoms with Gasteiger partial charge in [0.1, 0.15) is 0 Å². The van der Waals surface area contributed by atoms with E-state index in [9.17, 15) is 4.57 Å². The molecule has 0 bridgehead atoms. The zero-order chi connectivity index (χ0) is 13.3. The Morgan fingerprint density at radius 3 is 1.59 bits per heavy atom. The maximum atomic E-state index is 10.5. The number of rotatable bonds is 4. The Labute approximate surface area is 102 Å². The number of hydrogen-bond acceptors (Lipinski definition) is 4. The minimum atomic E-state index is -4.02. The van der Waals surface area contributed by atoms with Gasteiger partial charge in [0.2, 0.25) is 0 Å². The Bertz CT molecular complexity index is 331. The zero-order valence-corrected chi connectivity index (χ0v) is 12.0. The van der Waals surface area contributed by atoms with Gasteiger partial charge in [-0.05, 0) is 12.1 Å². The maximum absolute atomic E-state index is 10.5. The fourth-order valence-corrected chi connectivity index (χ4v) is 2.05. The summed E-state index contributed by atoms with van der Waals surface area (Å²) in [5, 5.41) is 0.0648. The van der Waals surface area contributed by atoms with E-state index in [1.807, 2.05) is 0 Å². The molecule has 1 aromatic rings. The standard InChI is InChI=1S/C6H7O3P.C3H10O3Si/c7-10(8,9)6-4-2-1-3-5-6;1-4-7(5-2)6-3/h1-5H,(H2,7,8,9);7H,1-3H3. The Hall–Kier alpha value is -0.533. The molecule has 0 saturated heterocycles. The molecule has 2 N–H and O–H groups in total. The van der Waals surface area contributed by atoms with Gasteiger partial charge < -0.3 is 23.1 Å². The second-order valence-corrected chi connectivity index (χ2v) is 6.47. The second kappa shape index (κ2) is 8.54. The molecule has 0 heterocycles. The lowest BCUT2D eigenvalue weighted by atomic mass is 10.4. The molecular weight excluding hydrogens is 263 g/mol. The van der Waals surface area contributed by atoms with Crippen LogP contribution in [0.4, 0.5) is 0 Å². The topological polar surface area (TPSA) is 85.2 Å². The summed E-state index contributed by atoms with van der Waals surface area (Å²) in [5.74, 6) is 0. The first-order chi connectivity index (χ1) is 7.95. The minimum Gasteiger partial charge on any atom is -0.379 e. The van der Waals surface area contributed by atoms with Gasteiger partial charge in [0.05, 0.1) is 5.30 Å². The molecule has 0 unspecified atom stereocenters. The molecule has 0 aromatic heterocycles. The molecule has 98 valence electrons. The molecule has 0 aliphatic rings. The van der Waals surface area contributed by atoms with E-state index in [1.54, 1.807) is 39.5 Å². The third-order valence-corrected chi connectivity index (χ3v) is 3.80. The first-order valence-electron chi connectivity index (χ1n) is 4.65. The Kier molecular flexibility index (Phi) is 8.27. The monoisotopic (exact) mass is 280 g/mol. The molecule has 17 heavy (non-hydrogen) atoms. The number of hydrogen-bond donors (Lipinski definition) is 2.